The van der Waals surface area contributed by atoms with E-state index in [9.17, 15) is 0 Å². The highest BCUT2D eigenvalue weighted by Gasteiger charge is 2.51. The van der Waals surface area contributed by atoms with Crippen molar-refractivity contribution in [2.24, 2.45) is 5.10 Å². The molecule has 1 atom stereocenters. The van der Waals surface area contributed by atoms with Crippen LogP contribution in [0, 0.1) is 0 Å². The lowest BCUT2D eigenvalue weighted by molar-refractivity contribution is -0.149. The topological polar surface area (TPSA) is 37.3 Å². The first-order chi connectivity index (χ1) is 14.6. The summed E-state index contributed by atoms with van der Waals surface area (Å²) in [6.07, 6.45) is 3.96. The molecule has 3 heterocycles. The van der Waals surface area contributed by atoms with Gasteiger partial charge < -0.3 is 14.4 Å². The van der Waals surface area contributed by atoms with Crippen LogP contribution in [0.3, 0.4) is 0 Å². The Balaban J connectivity index is 1.55. The third-order valence-corrected chi connectivity index (χ3v) is 7.05. The molecule has 6 heteroatoms. The van der Waals surface area contributed by atoms with Gasteiger partial charge >= 0.3 is 0 Å². The van der Waals surface area contributed by atoms with Crippen molar-refractivity contribution < 1.29 is 9.47 Å². The van der Waals surface area contributed by atoms with Crippen LogP contribution in [0.25, 0.3) is 0 Å². The third kappa shape index (κ3) is 3.30. The van der Waals surface area contributed by atoms with Gasteiger partial charge in [0.25, 0.3) is 0 Å². The van der Waals surface area contributed by atoms with Gasteiger partial charge in [0.05, 0.1) is 18.9 Å². The molecule has 0 bridgehead atoms. The summed E-state index contributed by atoms with van der Waals surface area (Å²) in [5, 5.41) is 7.45. The first-order valence-electron chi connectivity index (χ1n) is 10.8. The predicted octanol–water partition coefficient (Wildman–Crippen LogP) is 5.20. The fourth-order valence-corrected chi connectivity index (χ4v) is 5.45. The van der Waals surface area contributed by atoms with E-state index in [1.54, 1.807) is 7.11 Å². The van der Waals surface area contributed by atoms with Gasteiger partial charge in [-0.25, -0.2) is 5.01 Å². The molecule has 5 rings (SSSR count). The number of likely N-dealkylation sites (tertiary alicyclic amines) is 1. The van der Waals surface area contributed by atoms with Gasteiger partial charge in [0.15, 0.2) is 0 Å². The molecule has 2 aromatic carbocycles. The van der Waals surface area contributed by atoms with E-state index in [1.165, 1.54) is 12.0 Å². The minimum Gasteiger partial charge on any atom is -0.496 e. The normalized spacial score (nSPS) is 22.3. The Kier molecular flexibility index (Phi) is 5.23. The maximum Gasteiger partial charge on any atom is 0.200 e. The number of hydrogen-bond acceptors (Lipinski definition) is 5. The lowest BCUT2D eigenvalue weighted by Gasteiger charge is -2.51. The van der Waals surface area contributed by atoms with E-state index in [-0.39, 0.29) is 11.8 Å². The van der Waals surface area contributed by atoms with Gasteiger partial charge in [0.2, 0.25) is 5.72 Å². The molecule has 3 aliphatic heterocycles. The average molecular weight is 470 g/mol. The van der Waals surface area contributed by atoms with Gasteiger partial charge in [0.1, 0.15) is 11.5 Å². The summed E-state index contributed by atoms with van der Waals surface area (Å²) >= 11 is 3.64. The van der Waals surface area contributed by atoms with Crippen molar-refractivity contribution in [1.82, 2.24) is 9.91 Å². The zero-order chi connectivity index (χ0) is 20.7. The van der Waals surface area contributed by atoms with Gasteiger partial charge in [0, 0.05) is 48.0 Å². The first-order valence-corrected chi connectivity index (χ1v) is 11.6. The number of hydrogen-bond donors (Lipinski definition) is 0. The summed E-state index contributed by atoms with van der Waals surface area (Å²) in [4.78, 5) is 2.54. The van der Waals surface area contributed by atoms with Crippen LogP contribution in [0.1, 0.15) is 49.8 Å². The summed E-state index contributed by atoms with van der Waals surface area (Å²) < 4.78 is 13.4. The molecule has 2 aromatic rings. The molecule has 30 heavy (non-hydrogen) atoms. The van der Waals surface area contributed by atoms with Crippen molar-refractivity contribution in [3.63, 3.8) is 0 Å². The van der Waals surface area contributed by atoms with E-state index in [2.05, 4.69) is 63.1 Å². The maximum atomic E-state index is 6.74. The number of nitrogens with zero attached hydrogens (tertiary/aromatic N) is 3. The lowest BCUT2D eigenvalue weighted by Crippen LogP contribution is -2.59. The van der Waals surface area contributed by atoms with Crippen LogP contribution in [0.4, 0.5) is 0 Å². The van der Waals surface area contributed by atoms with E-state index in [1.807, 2.05) is 12.1 Å². The molecule has 0 aliphatic carbocycles. The van der Waals surface area contributed by atoms with Crippen molar-refractivity contribution in [3.05, 3.63) is 58.1 Å². The maximum absolute atomic E-state index is 6.74. The highest BCUT2D eigenvalue weighted by atomic mass is 79.9. The Bertz CT molecular complexity index is 969. The third-order valence-electron chi connectivity index (χ3n) is 6.55. The standard InChI is InChI=1S/C24H28BrN3O2/c1-3-12-27-13-10-24(11-14-27)28-21(19-15-17(25)8-9-23(19)30-24)16-20(26-28)18-6-4-5-7-22(18)29-2/h4-9,15,21H,3,10-14,16H2,1-2H3/t21-/m0/s1. The zero-order valence-corrected chi connectivity index (χ0v) is 19.2. The van der Waals surface area contributed by atoms with Gasteiger partial charge in [-0.3, -0.25) is 0 Å². The van der Waals surface area contributed by atoms with Crippen LogP contribution < -0.4 is 9.47 Å². The first kappa shape index (κ1) is 19.9. The van der Waals surface area contributed by atoms with E-state index in [4.69, 9.17) is 14.6 Å². The van der Waals surface area contributed by atoms with E-state index in [0.29, 0.717) is 0 Å². The molecule has 0 radical (unpaired) electrons. The molecule has 1 spiro atoms. The van der Waals surface area contributed by atoms with Crippen LogP contribution in [0.5, 0.6) is 11.5 Å². The number of halogens is 1. The molecule has 1 saturated heterocycles. The second-order valence-electron chi connectivity index (χ2n) is 8.38. The van der Waals surface area contributed by atoms with Gasteiger partial charge in [-0.1, -0.05) is 35.0 Å². The Hall–Kier alpha value is -2.05. The Labute approximate surface area is 186 Å². The van der Waals surface area contributed by atoms with Crippen molar-refractivity contribution in [3.8, 4) is 11.5 Å². The molecule has 158 valence electrons. The number of rotatable bonds is 4. The average Bonchev–Trinajstić information content (AvgIpc) is 3.23. The number of ether oxygens (including phenoxy) is 2. The molecule has 0 amide bonds. The lowest BCUT2D eigenvalue weighted by atomic mass is 9.90. The summed E-state index contributed by atoms with van der Waals surface area (Å²) in [5.41, 5.74) is 2.98. The second kappa shape index (κ2) is 7.89. The summed E-state index contributed by atoms with van der Waals surface area (Å²) in [6.45, 7) is 5.49. The van der Waals surface area contributed by atoms with Crippen LogP contribution in [-0.4, -0.2) is 48.1 Å². The van der Waals surface area contributed by atoms with Crippen LogP contribution in [0.2, 0.25) is 0 Å². The monoisotopic (exact) mass is 469 g/mol. The summed E-state index contributed by atoms with van der Waals surface area (Å²) in [7, 11) is 1.72. The number of hydrazone groups is 1. The van der Waals surface area contributed by atoms with Crippen molar-refractivity contribution in [2.45, 2.75) is 44.4 Å². The molecule has 0 unspecified atom stereocenters. The molecule has 5 nitrogen and oxygen atoms in total. The Morgan fingerprint density at radius 1 is 1.20 bits per heavy atom. The highest BCUT2D eigenvalue weighted by molar-refractivity contribution is 9.10. The molecule has 0 aromatic heterocycles. The van der Waals surface area contributed by atoms with Gasteiger partial charge in [-0.15, -0.1) is 0 Å². The molecule has 3 aliphatic rings. The van der Waals surface area contributed by atoms with E-state index < -0.39 is 0 Å². The summed E-state index contributed by atoms with van der Waals surface area (Å²) in [6, 6.07) is 14.7. The smallest absolute Gasteiger partial charge is 0.200 e. The minimum absolute atomic E-state index is 0.184. The molecule has 0 saturated carbocycles. The minimum atomic E-state index is -0.375. The largest absolute Gasteiger partial charge is 0.496 e. The fraction of sp³-hybridized carbons (Fsp3) is 0.458. The van der Waals surface area contributed by atoms with Crippen LogP contribution in [-0.2, 0) is 0 Å². The molecular formula is C24H28BrN3O2. The number of methoxy groups -OCH3 is 1. The van der Waals surface area contributed by atoms with Gasteiger partial charge in [-0.05, 0) is 43.3 Å². The van der Waals surface area contributed by atoms with E-state index in [0.717, 1.165) is 66.1 Å². The van der Waals surface area contributed by atoms with Crippen LogP contribution >= 0.6 is 15.9 Å². The second-order valence-corrected chi connectivity index (χ2v) is 9.30. The Morgan fingerprint density at radius 3 is 2.77 bits per heavy atom. The van der Waals surface area contributed by atoms with Crippen molar-refractivity contribution in [1.29, 1.82) is 0 Å². The number of fused-ring (bicyclic) bond motifs is 4. The van der Waals surface area contributed by atoms with Gasteiger partial charge in [-0.2, -0.15) is 5.10 Å². The van der Waals surface area contributed by atoms with Crippen molar-refractivity contribution >= 4 is 21.6 Å². The van der Waals surface area contributed by atoms with E-state index >= 15 is 0 Å². The molecular weight excluding hydrogens is 442 g/mol. The number of benzene rings is 2. The SMILES string of the molecule is CCCN1CCC2(CC1)Oc1ccc(Br)cc1[C@@H]1CC(c3ccccc3OC)=NN12. The number of piperidine rings is 1. The molecule has 0 N–H and O–H groups in total. The Morgan fingerprint density at radius 2 is 2.00 bits per heavy atom. The van der Waals surface area contributed by atoms with Crippen LogP contribution in [0.15, 0.2) is 52.0 Å². The zero-order valence-electron chi connectivity index (χ0n) is 17.6. The quantitative estimate of drug-likeness (QED) is 0.616. The fourth-order valence-electron chi connectivity index (χ4n) is 5.07. The van der Waals surface area contributed by atoms with Crippen molar-refractivity contribution in [2.75, 3.05) is 26.7 Å². The molecule has 1 fully saturated rings. The number of para-hydroxylation sites is 1. The highest BCUT2D eigenvalue weighted by Crippen LogP contribution is 2.50. The predicted molar refractivity (Wildman–Crippen MR) is 122 cm³/mol. The summed E-state index contributed by atoms with van der Waals surface area (Å²) in [5.74, 6) is 1.87.